The van der Waals surface area contributed by atoms with Crippen LogP contribution >= 0.6 is 11.3 Å². The van der Waals surface area contributed by atoms with Gasteiger partial charge in [0.25, 0.3) is 0 Å². The predicted octanol–water partition coefficient (Wildman–Crippen LogP) is 3.76. The minimum atomic E-state index is 0.0912. The molecule has 4 heteroatoms. The van der Waals surface area contributed by atoms with Crippen molar-refractivity contribution in [3.63, 3.8) is 0 Å². The van der Waals surface area contributed by atoms with Gasteiger partial charge in [0.05, 0.1) is 9.71 Å². The molecule has 1 aromatic carbocycles. The summed E-state index contributed by atoms with van der Waals surface area (Å²) in [4.78, 5) is 4.71. The highest BCUT2D eigenvalue weighted by Gasteiger charge is 2.09. The summed E-state index contributed by atoms with van der Waals surface area (Å²) < 4.78 is 7.01. The van der Waals surface area contributed by atoms with Crippen LogP contribution in [0.1, 0.15) is 38.1 Å². The molecule has 0 spiro atoms. The van der Waals surface area contributed by atoms with Crippen LogP contribution in [0.5, 0.6) is 5.75 Å². The number of nitrogens with two attached hydrogens (primary N) is 1. The zero-order valence-electron chi connectivity index (χ0n) is 11.7. The maximum atomic E-state index is 5.89. The van der Waals surface area contributed by atoms with Crippen LogP contribution in [0.4, 0.5) is 0 Å². The van der Waals surface area contributed by atoms with Crippen LogP contribution in [0.3, 0.4) is 0 Å². The Labute approximate surface area is 118 Å². The average molecular weight is 278 g/mol. The molecule has 1 atom stereocenters. The maximum Gasteiger partial charge on any atom is 0.146 e. The van der Waals surface area contributed by atoms with Crippen molar-refractivity contribution in [3.8, 4) is 5.75 Å². The van der Waals surface area contributed by atoms with Gasteiger partial charge in [0, 0.05) is 6.04 Å². The second-order valence-electron chi connectivity index (χ2n) is 4.79. The zero-order chi connectivity index (χ0) is 13.7. The lowest BCUT2D eigenvalue weighted by molar-refractivity contribution is 0.288. The van der Waals surface area contributed by atoms with Crippen LogP contribution in [0, 0.1) is 0 Å². The van der Waals surface area contributed by atoms with Crippen LogP contribution in [0.2, 0.25) is 0 Å². The van der Waals surface area contributed by atoms with Gasteiger partial charge < -0.3 is 10.5 Å². The van der Waals surface area contributed by atoms with Crippen molar-refractivity contribution in [2.45, 2.75) is 45.6 Å². The summed E-state index contributed by atoms with van der Waals surface area (Å²) in [7, 11) is 0. The van der Waals surface area contributed by atoms with Gasteiger partial charge in [0.1, 0.15) is 17.9 Å². The molecule has 0 amide bonds. The van der Waals surface area contributed by atoms with Crippen molar-refractivity contribution in [2.24, 2.45) is 5.73 Å². The fraction of sp³-hybridized carbons (Fsp3) is 0.533. The Kier molecular flexibility index (Phi) is 5.16. The van der Waals surface area contributed by atoms with Crippen LogP contribution in [-0.4, -0.2) is 17.6 Å². The van der Waals surface area contributed by atoms with Crippen molar-refractivity contribution < 1.29 is 4.74 Å². The number of aryl methyl sites for hydroxylation is 1. The molecule has 2 rings (SSSR count). The van der Waals surface area contributed by atoms with Gasteiger partial charge in [-0.2, -0.15) is 0 Å². The number of rotatable bonds is 7. The van der Waals surface area contributed by atoms with Gasteiger partial charge in [0.15, 0.2) is 0 Å². The molecular weight excluding hydrogens is 256 g/mol. The van der Waals surface area contributed by atoms with Crippen molar-refractivity contribution in [1.29, 1.82) is 0 Å². The number of hydrogen-bond donors (Lipinski definition) is 1. The molecule has 1 aromatic heterocycles. The topological polar surface area (TPSA) is 48.1 Å². The Morgan fingerprint density at radius 2 is 2.21 bits per heavy atom. The molecule has 0 saturated carbocycles. The average Bonchev–Trinajstić information content (AvgIpc) is 2.85. The van der Waals surface area contributed by atoms with Crippen molar-refractivity contribution >= 4 is 21.6 Å². The summed E-state index contributed by atoms with van der Waals surface area (Å²) >= 11 is 1.77. The van der Waals surface area contributed by atoms with E-state index in [2.05, 4.69) is 19.9 Å². The summed E-state index contributed by atoms with van der Waals surface area (Å²) in [6, 6.07) is 6.20. The molecule has 19 heavy (non-hydrogen) atoms. The monoisotopic (exact) mass is 278 g/mol. The maximum absolute atomic E-state index is 5.89. The van der Waals surface area contributed by atoms with Crippen LogP contribution in [0.25, 0.3) is 10.2 Å². The van der Waals surface area contributed by atoms with Gasteiger partial charge in [-0.25, -0.2) is 4.98 Å². The summed E-state index contributed by atoms with van der Waals surface area (Å²) in [5.74, 6) is 0.861. The number of hydrogen-bond acceptors (Lipinski definition) is 4. The fourth-order valence-electron chi connectivity index (χ4n) is 1.84. The fourth-order valence-corrected chi connectivity index (χ4v) is 2.86. The van der Waals surface area contributed by atoms with E-state index < -0.39 is 0 Å². The smallest absolute Gasteiger partial charge is 0.146 e. The molecule has 0 aliphatic heterocycles. The predicted molar refractivity (Wildman–Crippen MR) is 82.0 cm³/mol. The quantitative estimate of drug-likeness (QED) is 0.839. The van der Waals surface area contributed by atoms with Crippen LogP contribution in [-0.2, 0) is 6.42 Å². The van der Waals surface area contributed by atoms with E-state index in [-0.39, 0.29) is 6.04 Å². The summed E-state index contributed by atoms with van der Waals surface area (Å²) in [6.07, 6.45) is 4.37. The Morgan fingerprint density at radius 3 is 2.95 bits per heavy atom. The molecular formula is C15H22N2OS. The molecule has 0 bridgehead atoms. The molecule has 0 radical (unpaired) electrons. The number of para-hydroxylation sites is 1. The highest BCUT2D eigenvalue weighted by Crippen LogP contribution is 2.30. The van der Waals surface area contributed by atoms with E-state index in [4.69, 9.17) is 15.5 Å². The lowest BCUT2D eigenvalue weighted by atomic mass is 10.2. The van der Waals surface area contributed by atoms with Crippen molar-refractivity contribution in [2.75, 3.05) is 6.61 Å². The third-order valence-corrected chi connectivity index (χ3v) is 4.23. The van der Waals surface area contributed by atoms with E-state index in [0.29, 0.717) is 6.61 Å². The molecule has 0 saturated heterocycles. The first-order chi connectivity index (χ1) is 9.24. The Balaban J connectivity index is 2.16. The van der Waals surface area contributed by atoms with Gasteiger partial charge >= 0.3 is 0 Å². The Hall–Kier alpha value is -1.13. The standard InChI is InChI=1S/C15H22N2OS/c1-3-5-9-14-17-15-12(18-10-11(16)4-2)7-6-8-13(15)19-14/h6-8,11H,3-5,9-10,16H2,1-2H3. The van der Waals surface area contributed by atoms with E-state index in [1.165, 1.54) is 22.5 Å². The van der Waals surface area contributed by atoms with Gasteiger partial charge in [0.2, 0.25) is 0 Å². The number of aromatic nitrogens is 1. The third-order valence-electron chi connectivity index (χ3n) is 3.15. The summed E-state index contributed by atoms with van der Waals surface area (Å²) in [5, 5.41) is 1.20. The number of ether oxygens (including phenoxy) is 1. The second-order valence-corrected chi connectivity index (χ2v) is 5.91. The lowest BCUT2D eigenvalue weighted by Crippen LogP contribution is -2.26. The van der Waals surface area contributed by atoms with Gasteiger partial charge in [-0.15, -0.1) is 11.3 Å². The van der Waals surface area contributed by atoms with E-state index >= 15 is 0 Å². The Bertz CT molecular complexity index is 524. The molecule has 0 aliphatic rings. The Morgan fingerprint density at radius 1 is 1.37 bits per heavy atom. The molecule has 2 aromatic rings. The first kappa shape index (κ1) is 14.3. The molecule has 1 unspecified atom stereocenters. The van der Waals surface area contributed by atoms with Gasteiger partial charge in [-0.3, -0.25) is 0 Å². The number of unbranched alkanes of at least 4 members (excludes halogenated alkanes) is 1. The highest BCUT2D eigenvalue weighted by atomic mass is 32.1. The lowest BCUT2D eigenvalue weighted by Gasteiger charge is -2.11. The largest absolute Gasteiger partial charge is 0.490 e. The molecule has 0 fully saturated rings. The SMILES string of the molecule is CCCCc1nc2c(OCC(N)CC)cccc2s1. The third kappa shape index (κ3) is 3.67. The second kappa shape index (κ2) is 6.87. The van der Waals surface area contributed by atoms with E-state index in [0.717, 1.165) is 24.1 Å². The molecule has 3 nitrogen and oxygen atoms in total. The van der Waals surface area contributed by atoms with E-state index in [1.807, 2.05) is 12.1 Å². The summed E-state index contributed by atoms with van der Waals surface area (Å²) in [5.41, 5.74) is 6.88. The summed E-state index contributed by atoms with van der Waals surface area (Å²) in [6.45, 7) is 4.83. The molecule has 2 N–H and O–H groups in total. The minimum Gasteiger partial charge on any atom is -0.490 e. The van der Waals surface area contributed by atoms with Crippen LogP contribution in [0.15, 0.2) is 18.2 Å². The van der Waals surface area contributed by atoms with Crippen molar-refractivity contribution in [3.05, 3.63) is 23.2 Å². The first-order valence-electron chi connectivity index (χ1n) is 7.01. The molecule has 104 valence electrons. The molecule has 0 aliphatic carbocycles. The van der Waals surface area contributed by atoms with Crippen LogP contribution < -0.4 is 10.5 Å². The van der Waals surface area contributed by atoms with E-state index in [1.54, 1.807) is 11.3 Å². The normalized spacial score (nSPS) is 12.8. The van der Waals surface area contributed by atoms with Gasteiger partial charge in [-0.1, -0.05) is 26.3 Å². The minimum absolute atomic E-state index is 0.0912. The number of thiazole rings is 1. The molecule has 1 heterocycles. The van der Waals surface area contributed by atoms with Crippen molar-refractivity contribution in [1.82, 2.24) is 4.98 Å². The number of nitrogens with zero attached hydrogens (tertiary/aromatic N) is 1. The first-order valence-corrected chi connectivity index (χ1v) is 7.83. The van der Waals surface area contributed by atoms with Gasteiger partial charge in [-0.05, 0) is 31.4 Å². The number of fused-ring (bicyclic) bond motifs is 1. The highest BCUT2D eigenvalue weighted by molar-refractivity contribution is 7.18. The number of benzene rings is 1. The van der Waals surface area contributed by atoms with E-state index in [9.17, 15) is 0 Å². The zero-order valence-corrected chi connectivity index (χ0v) is 12.5.